The molecule has 0 saturated carbocycles. The lowest BCUT2D eigenvalue weighted by atomic mass is 9.98. The van der Waals surface area contributed by atoms with Gasteiger partial charge in [-0.25, -0.2) is 9.48 Å². The van der Waals surface area contributed by atoms with E-state index in [1.165, 1.54) is 0 Å². The molecule has 0 bridgehead atoms. The summed E-state index contributed by atoms with van der Waals surface area (Å²) in [4.78, 5) is 55.3. The van der Waals surface area contributed by atoms with Crippen molar-refractivity contribution in [1.29, 1.82) is 0 Å². The summed E-state index contributed by atoms with van der Waals surface area (Å²) in [5, 5.41) is 77.3. The maximum absolute atomic E-state index is 12.8. The SMILES string of the molecule is CC1Nc2nc(N)[nH]c(=O)c2[N+]2=CN(c3ccc(CC(O)C(O)C(O)CO[C@H]4O[C@H](COP(=O)([O-])OC(CCC(=O)[O-])C(=O)[O-])[C@@H](O)[C@H]4O)cc3)C(C)C12. The normalized spacial score (nSPS) is 28.2. The van der Waals surface area contributed by atoms with Crippen molar-refractivity contribution in [2.75, 3.05) is 29.2 Å². The fourth-order valence-electron chi connectivity index (χ4n) is 6.52. The van der Waals surface area contributed by atoms with Gasteiger partial charge in [0.1, 0.15) is 48.4 Å². The zero-order valence-corrected chi connectivity index (χ0v) is 29.8. The highest BCUT2D eigenvalue weighted by Gasteiger charge is 2.49. The molecular formula is C31H41N6O16P-2. The number of nitrogens with zero attached hydrogens (tertiary/aromatic N) is 3. The number of hydrogen-bond acceptors (Lipinski definition) is 20. The van der Waals surface area contributed by atoms with E-state index in [-0.39, 0.29) is 36.1 Å². The van der Waals surface area contributed by atoms with Gasteiger partial charge in [0, 0.05) is 12.4 Å². The number of carboxylic acid groups (broad SMARTS) is 2. The molecule has 1 saturated heterocycles. The van der Waals surface area contributed by atoms with E-state index in [9.17, 15) is 59.6 Å². The molecule has 22 nitrogen and oxygen atoms in total. The molecule has 23 heteroatoms. The number of aromatic nitrogens is 2. The molecule has 0 aliphatic carbocycles. The van der Waals surface area contributed by atoms with E-state index in [1.54, 1.807) is 24.3 Å². The lowest BCUT2D eigenvalue weighted by Crippen LogP contribution is -2.49. The lowest BCUT2D eigenvalue weighted by Gasteiger charge is -2.30. The number of nitrogens with one attached hydrogen (secondary N) is 2. The van der Waals surface area contributed by atoms with Crippen molar-refractivity contribution in [1.82, 2.24) is 9.97 Å². The number of carboxylic acids is 2. The van der Waals surface area contributed by atoms with Gasteiger partial charge in [-0.05, 0) is 44.4 Å². The maximum atomic E-state index is 12.8. The second kappa shape index (κ2) is 16.8. The Kier molecular flexibility index (Phi) is 12.8. The molecule has 1 aromatic carbocycles. The molecule has 8 unspecified atom stereocenters. The molecule has 298 valence electrons. The van der Waals surface area contributed by atoms with Gasteiger partial charge >= 0.3 is 5.56 Å². The Balaban J connectivity index is 1.11. The van der Waals surface area contributed by atoms with Crippen LogP contribution in [-0.2, 0) is 39.1 Å². The summed E-state index contributed by atoms with van der Waals surface area (Å²) < 4.78 is 33.3. The van der Waals surface area contributed by atoms with Gasteiger partial charge in [0.05, 0.1) is 31.3 Å². The average Bonchev–Trinajstić information content (AvgIpc) is 3.58. The number of anilines is 3. The van der Waals surface area contributed by atoms with E-state index < -0.39 is 94.8 Å². The van der Waals surface area contributed by atoms with Crippen molar-refractivity contribution in [3.63, 3.8) is 0 Å². The summed E-state index contributed by atoms with van der Waals surface area (Å²) in [5.74, 6) is -3.32. The van der Waals surface area contributed by atoms with Crippen LogP contribution in [0.1, 0.15) is 32.3 Å². The number of rotatable bonds is 17. The van der Waals surface area contributed by atoms with Crippen LogP contribution in [0.3, 0.4) is 0 Å². The number of benzene rings is 1. The van der Waals surface area contributed by atoms with Crippen LogP contribution in [0.25, 0.3) is 0 Å². The number of phosphoric ester groups is 1. The summed E-state index contributed by atoms with van der Waals surface area (Å²) >= 11 is 0. The number of ether oxygens (including phenoxy) is 2. The monoisotopic (exact) mass is 784 g/mol. The first-order valence-corrected chi connectivity index (χ1v) is 18.2. The summed E-state index contributed by atoms with van der Waals surface area (Å²) in [7, 11) is -5.42. The number of aliphatic hydroxyl groups excluding tert-OH is 5. The maximum Gasteiger partial charge on any atom is 0.301 e. The molecule has 9 N–H and O–H groups in total. The quantitative estimate of drug-likeness (QED) is 0.0547. The number of H-pyrrole nitrogens is 1. The Morgan fingerprint density at radius 2 is 1.81 bits per heavy atom. The average molecular weight is 785 g/mol. The molecule has 1 fully saturated rings. The van der Waals surface area contributed by atoms with Crippen molar-refractivity contribution in [3.05, 3.63) is 40.2 Å². The molecule has 0 spiro atoms. The van der Waals surface area contributed by atoms with Crippen LogP contribution in [0, 0.1) is 0 Å². The van der Waals surface area contributed by atoms with Crippen molar-refractivity contribution in [2.45, 2.75) is 100 Å². The summed E-state index contributed by atoms with van der Waals surface area (Å²) in [6.45, 7) is 2.28. The first-order valence-electron chi connectivity index (χ1n) is 16.8. The predicted molar refractivity (Wildman–Crippen MR) is 177 cm³/mol. The van der Waals surface area contributed by atoms with Gasteiger partial charge in [-0.2, -0.15) is 4.98 Å². The highest BCUT2D eigenvalue weighted by atomic mass is 31.2. The zero-order chi connectivity index (χ0) is 39.6. The Bertz CT molecular complexity index is 1810. The number of aliphatic carboxylic acids is 2. The number of hydrogen-bond donors (Lipinski definition) is 8. The largest absolute Gasteiger partial charge is 0.756 e. The van der Waals surface area contributed by atoms with E-state index in [0.29, 0.717) is 17.1 Å². The number of nitrogen functional groups attached to an aromatic ring is 1. The van der Waals surface area contributed by atoms with Gasteiger partial charge in [0.25, 0.3) is 7.82 Å². The Hall–Kier alpha value is -4.06. The zero-order valence-electron chi connectivity index (χ0n) is 28.9. The third-order valence-corrected chi connectivity index (χ3v) is 10.3. The fraction of sp³-hybridized carbons (Fsp3) is 0.581. The highest BCUT2D eigenvalue weighted by molar-refractivity contribution is 7.45. The van der Waals surface area contributed by atoms with E-state index in [2.05, 4.69) is 24.3 Å². The molecular weight excluding hydrogens is 743 g/mol. The van der Waals surface area contributed by atoms with Crippen molar-refractivity contribution < 1.29 is 77.9 Å². The molecule has 12 atom stereocenters. The minimum absolute atomic E-state index is 0.00270. The van der Waals surface area contributed by atoms with Crippen molar-refractivity contribution in [2.24, 2.45) is 0 Å². The van der Waals surface area contributed by atoms with Gasteiger partial charge in [-0.15, -0.1) is 0 Å². The van der Waals surface area contributed by atoms with Gasteiger partial charge in [-0.1, -0.05) is 12.1 Å². The van der Waals surface area contributed by atoms with E-state index in [1.807, 2.05) is 29.7 Å². The number of aliphatic hydroxyl groups is 5. The van der Waals surface area contributed by atoms with Gasteiger partial charge < -0.3 is 79.8 Å². The third-order valence-electron chi connectivity index (χ3n) is 9.30. The first-order chi connectivity index (χ1) is 25.4. The minimum Gasteiger partial charge on any atom is -0.756 e. The number of fused-ring (bicyclic) bond motifs is 3. The van der Waals surface area contributed by atoms with E-state index in [4.69, 9.17) is 15.2 Å². The van der Waals surface area contributed by atoms with Gasteiger partial charge in [0.15, 0.2) is 18.1 Å². The van der Waals surface area contributed by atoms with Crippen LogP contribution in [0.15, 0.2) is 29.1 Å². The topological polar surface area (TPSA) is 349 Å². The van der Waals surface area contributed by atoms with Crippen LogP contribution in [-0.4, -0.2) is 139 Å². The van der Waals surface area contributed by atoms with Crippen LogP contribution in [0.4, 0.5) is 23.1 Å². The molecule has 0 amide bonds. The van der Waals surface area contributed by atoms with Crippen molar-refractivity contribution in [3.8, 4) is 0 Å². The standard InChI is InChI=1S/C31H43N6O16P/c1-13-22-14(2)36(12-37(22)23-27(33-13)34-31(32)35-28(23)45)16-5-3-15(4-6-16)9-17(38)24(42)18(39)10-50-30-26(44)25(43)20(52-30)11-51-54(48,49)53-19(29(46)47)7-8-21(40)41/h3-6,12-14,17-20,22,24-26,30,38-39,42-44H,7-11H2,1-2H3,(H6-,32,33,34,35,40,41,45,46,47,48,49)/p-2/t13?,14?,17?,18?,19?,20-,22?,24?,25-,26-,30+/m1/s1. The summed E-state index contributed by atoms with van der Waals surface area (Å²) in [6.07, 6.45) is -13.9. The van der Waals surface area contributed by atoms with Crippen LogP contribution in [0.2, 0.25) is 0 Å². The molecule has 54 heavy (non-hydrogen) atoms. The molecule has 5 rings (SSSR count). The summed E-state index contributed by atoms with van der Waals surface area (Å²) in [6, 6.07) is 6.76. The molecule has 4 heterocycles. The lowest BCUT2D eigenvalue weighted by molar-refractivity contribution is -0.479. The van der Waals surface area contributed by atoms with Crippen LogP contribution >= 0.6 is 7.82 Å². The number of carbonyl (C=O) groups excluding carboxylic acids is 2. The molecule has 3 aliphatic rings. The van der Waals surface area contributed by atoms with Crippen LogP contribution < -0.4 is 36.6 Å². The fourth-order valence-corrected chi connectivity index (χ4v) is 7.42. The Morgan fingerprint density at radius 1 is 1.13 bits per heavy atom. The van der Waals surface area contributed by atoms with E-state index >= 15 is 0 Å². The van der Waals surface area contributed by atoms with Gasteiger partial charge in [-0.3, -0.25) is 14.3 Å². The third kappa shape index (κ3) is 9.24. The molecule has 2 aromatic rings. The Morgan fingerprint density at radius 3 is 2.46 bits per heavy atom. The predicted octanol–water partition coefficient (Wildman–Crippen LogP) is -5.65. The highest BCUT2D eigenvalue weighted by Crippen LogP contribution is 2.42. The second-order valence-electron chi connectivity index (χ2n) is 13.2. The van der Waals surface area contributed by atoms with Gasteiger partial charge in [0.2, 0.25) is 18.0 Å². The van der Waals surface area contributed by atoms with Crippen LogP contribution in [0.5, 0.6) is 0 Å². The van der Waals surface area contributed by atoms with E-state index in [0.717, 1.165) is 5.69 Å². The number of phosphoric acid groups is 1. The Labute approximate surface area is 306 Å². The van der Waals surface area contributed by atoms with Crippen molar-refractivity contribution >= 4 is 49.2 Å². The number of carbonyl (C=O) groups is 2. The number of nitrogens with two attached hydrogens (primary N) is 1. The summed E-state index contributed by atoms with van der Waals surface area (Å²) in [5.41, 5.74) is 7.07. The number of aromatic amines is 1. The molecule has 0 radical (unpaired) electrons. The second-order valence-corrected chi connectivity index (χ2v) is 14.5. The minimum atomic E-state index is -5.42. The smallest absolute Gasteiger partial charge is 0.301 e. The molecule has 1 aromatic heterocycles. The molecule has 3 aliphatic heterocycles. The first kappa shape index (κ1) is 41.1.